The van der Waals surface area contributed by atoms with Gasteiger partial charge in [-0.15, -0.1) is 0 Å². The lowest BCUT2D eigenvalue weighted by Gasteiger charge is -2.36. The normalized spacial score (nSPS) is 19.4. The first kappa shape index (κ1) is 22.6. The molecular formula is C19H27F3N2O4. The van der Waals surface area contributed by atoms with E-state index in [1.54, 1.807) is 6.92 Å². The molecule has 0 bridgehead atoms. The smallest absolute Gasteiger partial charge is 0.392 e. The average molecular weight is 404 g/mol. The van der Waals surface area contributed by atoms with Crippen molar-refractivity contribution in [1.29, 1.82) is 0 Å². The topological polar surface area (TPSA) is 62.2 Å². The van der Waals surface area contributed by atoms with E-state index in [1.807, 2.05) is 4.90 Å². The van der Waals surface area contributed by atoms with Gasteiger partial charge in [0.2, 0.25) is 0 Å². The first-order valence-corrected chi connectivity index (χ1v) is 9.18. The minimum Gasteiger partial charge on any atom is -0.392 e. The van der Waals surface area contributed by atoms with Gasteiger partial charge in [0.25, 0.3) is 5.91 Å². The van der Waals surface area contributed by atoms with Gasteiger partial charge >= 0.3 is 6.18 Å². The fraction of sp³-hybridized carbons (Fsp3) is 0.632. The fourth-order valence-electron chi connectivity index (χ4n) is 3.16. The predicted octanol–water partition coefficient (Wildman–Crippen LogP) is 1.88. The number of aliphatic hydroxyl groups is 1. The fourth-order valence-corrected chi connectivity index (χ4v) is 3.16. The Balaban J connectivity index is 2.11. The van der Waals surface area contributed by atoms with Gasteiger partial charge in [0.05, 0.1) is 31.0 Å². The summed E-state index contributed by atoms with van der Waals surface area (Å²) in [5.41, 5.74) is -0.885. The molecular weight excluding hydrogens is 377 g/mol. The second kappa shape index (κ2) is 10.2. The second-order valence-corrected chi connectivity index (χ2v) is 6.92. The third-order valence-electron chi connectivity index (χ3n) is 4.46. The number of benzene rings is 1. The molecule has 1 aliphatic heterocycles. The number of carbonyl (C=O) groups excluding carboxylic acids is 1. The number of carbonyl (C=O) groups is 1. The third-order valence-corrected chi connectivity index (χ3v) is 4.46. The highest BCUT2D eigenvalue weighted by atomic mass is 19.4. The number of rotatable bonds is 8. The van der Waals surface area contributed by atoms with Crippen LogP contribution in [0.2, 0.25) is 0 Å². The Morgan fingerprint density at radius 2 is 2.21 bits per heavy atom. The Morgan fingerprint density at radius 1 is 1.46 bits per heavy atom. The number of hydrogen-bond acceptors (Lipinski definition) is 5. The molecule has 1 N–H and O–H groups in total. The largest absolute Gasteiger partial charge is 0.416 e. The van der Waals surface area contributed by atoms with Crippen LogP contribution in [0.3, 0.4) is 0 Å². The number of nitrogens with zero attached hydrogens (tertiary/aromatic N) is 2. The lowest BCUT2D eigenvalue weighted by molar-refractivity contribution is -0.137. The van der Waals surface area contributed by atoms with Crippen molar-refractivity contribution in [3.05, 3.63) is 35.4 Å². The predicted molar refractivity (Wildman–Crippen MR) is 97.1 cm³/mol. The van der Waals surface area contributed by atoms with E-state index < -0.39 is 23.8 Å². The lowest BCUT2D eigenvalue weighted by atomic mass is 10.1. The first-order valence-electron chi connectivity index (χ1n) is 9.18. The lowest BCUT2D eigenvalue weighted by Crippen LogP contribution is -2.50. The number of ether oxygens (including phenoxy) is 2. The minimum atomic E-state index is -4.51. The van der Waals surface area contributed by atoms with Crippen molar-refractivity contribution in [2.75, 3.05) is 53.0 Å². The highest BCUT2D eigenvalue weighted by Gasteiger charge is 2.32. The van der Waals surface area contributed by atoms with Crippen molar-refractivity contribution in [3.63, 3.8) is 0 Å². The van der Waals surface area contributed by atoms with Gasteiger partial charge in [-0.3, -0.25) is 9.69 Å². The van der Waals surface area contributed by atoms with Crippen LogP contribution in [0, 0.1) is 0 Å². The number of halogens is 3. The summed E-state index contributed by atoms with van der Waals surface area (Å²) in [5, 5.41) is 9.56. The van der Waals surface area contributed by atoms with Crippen molar-refractivity contribution in [1.82, 2.24) is 9.80 Å². The molecule has 1 fully saturated rings. The van der Waals surface area contributed by atoms with Crippen LogP contribution in [0.5, 0.6) is 0 Å². The highest BCUT2D eigenvalue weighted by Crippen LogP contribution is 2.29. The standard InChI is InChI=1S/C19H27F3N2O4/c1-14(25)11-23-6-9-28-17(12-23)13-24(7-8-27-2)18(26)15-4-3-5-16(10-15)19(20,21)22/h3-5,10,14,17,25H,6-9,11-13H2,1-2H3/t14-,17-/m0/s1. The van der Waals surface area contributed by atoms with E-state index in [2.05, 4.69) is 0 Å². The molecule has 2 rings (SSSR count). The Morgan fingerprint density at radius 3 is 2.86 bits per heavy atom. The van der Waals surface area contributed by atoms with E-state index in [0.29, 0.717) is 26.2 Å². The molecule has 1 aromatic rings. The van der Waals surface area contributed by atoms with Crippen LogP contribution < -0.4 is 0 Å². The van der Waals surface area contributed by atoms with Crippen LogP contribution in [0.4, 0.5) is 13.2 Å². The zero-order valence-corrected chi connectivity index (χ0v) is 16.1. The van der Waals surface area contributed by atoms with Gasteiger partial charge in [0, 0.05) is 45.4 Å². The molecule has 28 heavy (non-hydrogen) atoms. The van der Waals surface area contributed by atoms with E-state index in [0.717, 1.165) is 12.1 Å². The molecule has 0 spiro atoms. The number of β-amino-alcohol motifs (C(OH)–C–C–N with tert-alkyl or cyclic N) is 1. The average Bonchev–Trinajstić information content (AvgIpc) is 2.63. The molecule has 9 heteroatoms. The van der Waals surface area contributed by atoms with Crippen molar-refractivity contribution >= 4 is 5.91 Å². The van der Waals surface area contributed by atoms with Crippen molar-refractivity contribution in [2.45, 2.75) is 25.3 Å². The molecule has 0 unspecified atom stereocenters. The molecule has 2 atom stereocenters. The van der Waals surface area contributed by atoms with Crippen LogP contribution in [-0.4, -0.2) is 86.1 Å². The van der Waals surface area contributed by atoms with Gasteiger partial charge in [-0.25, -0.2) is 0 Å². The summed E-state index contributed by atoms with van der Waals surface area (Å²) in [6.45, 7) is 4.61. The van der Waals surface area contributed by atoms with Gasteiger partial charge in [-0.2, -0.15) is 13.2 Å². The number of methoxy groups -OCH3 is 1. The Labute approximate surface area is 162 Å². The van der Waals surface area contributed by atoms with Gasteiger partial charge in [0.1, 0.15) is 0 Å². The molecule has 1 aliphatic rings. The van der Waals surface area contributed by atoms with Gasteiger partial charge in [-0.05, 0) is 25.1 Å². The Kier molecular flexibility index (Phi) is 8.23. The third kappa shape index (κ3) is 6.73. The summed E-state index contributed by atoms with van der Waals surface area (Å²) in [5.74, 6) is -0.501. The molecule has 1 aromatic carbocycles. The minimum absolute atomic E-state index is 0.0254. The Hall–Kier alpha value is -1.68. The summed E-state index contributed by atoms with van der Waals surface area (Å²) >= 11 is 0. The van der Waals surface area contributed by atoms with E-state index in [1.165, 1.54) is 24.1 Å². The molecule has 0 saturated carbocycles. The maximum atomic E-state index is 13.0. The SMILES string of the molecule is COCCN(C[C@@H]1CN(C[C@H](C)O)CCO1)C(=O)c1cccc(C(F)(F)F)c1. The molecule has 158 valence electrons. The molecule has 0 aromatic heterocycles. The number of amides is 1. The first-order chi connectivity index (χ1) is 13.2. The zero-order chi connectivity index (χ0) is 20.7. The zero-order valence-electron chi connectivity index (χ0n) is 16.1. The molecule has 0 aliphatic carbocycles. The summed E-state index contributed by atoms with van der Waals surface area (Å²) in [6.07, 6.45) is -5.28. The molecule has 6 nitrogen and oxygen atoms in total. The summed E-state index contributed by atoms with van der Waals surface area (Å²) < 4.78 is 49.7. The van der Waals surface area contributed by atoms with Crippen LogP contribution in [-0.2, 0) is 15.7 Å². The summed E-state index contributed by atoms with van der Waals surface area (Å²) in [6, 6.07) is 4.41. The quantitative estimate of drug-likeness (QED) is 0.717. The van der Waals surface area contributed by atoms with Crippen LogP contribution in [0.25, 0.3) is 0 Å². The van der Waals surface area contributed by atoms with Gasteiger partial charge < -0.3 is 19.5 Å². The van der Waals surface area contributed by atoms with Crippen LogP contribution >= 0.6 is 0 Å². The van der Waals surface area contributed by atoms with Gasteiger partial charge in [0.15, 0.2) is 0 Å². The molecule has 1 heterocycles. The monoisotopic (exact) mass is 404 g/mol. The maximum Gasteiger partial charge on any atom is 0.416 e. The van der Waals surface area contributed by atoms with Crippen molar-refractivity contribution in [2.24, 2.45) is 0 Å². The summed E-state index contributed by atoms with van der Waals surface area (Å²) in [7, 11) is 1.49. The highest BCUT2D eigenvalue weighted by molar-refractivity contribution is 5.94. The Bertz CT molecular complexity index is 640. The second-order valence-electron chi connectivity index (χ2n) is 6.92. The van der Waals surface area contributed by atoms with Gasteiger partial charge in [-0.1, -0.05) is 6.07 Å². The van der Waals surface area contributed by atoms with E-state index in [4.69, 9.17) is 9.47 Å². The number of aliphatic hydroxyl groups excluding tert-OH is 1. The van der Waals surface area contributed by atoms with E-state index >= 15 is 0 Å². The molecule has 1 amide bonds. The molecule has 1 saturated heterocycles. The van der Waals surface area contributed by atoms with E-state index in [-0.39, 0.29) is 31.4 Å². The van der Waals surface area contributed by atoms with Crippen LogP contribution in [0.1, 0.15) is 22.8 Å². The van der Waals surface area contributed by atoms with Crippen molar-refractivity contribution in [3.8, 4) is 0 Å². The van der Waals surface area contributed by atoms with E-state index in [9.17, 15) is 23.1 Å². The number of morpholine rings is 1. The van der Waals surface area contributed by atoms with Crippen LogP contribution in [0.15, 0.2) is 24.3 Å². The number of alkyl halides is 3. The number of hydrogen-bond donors (Lipinski definition) is 1. The van der Waals surface area contributed by atoms with Crippen molar-refractivity contribution < 1.29 is 32.5 Å². The molecule has 0 radical (unpaired) electrons. The maximum absolute atomic E-state index is 13.0. The summed E-state index contributed by atoms with van der Waals surface area (Å²) in [4.78, 5) is 16.4.